The second-order valence-corrected chi connectivity index (χ2v) is 14.8. The van der Waals surface area contributed by atoms with Crippen molar-refractivity contribution >= 4 is 97.1 Å². The zero-order valence-electron chi connectivity index (χ0n) is 27.9. The molecule has 0 aliphatic rings. The van der Waals surface area contributed by atoms with Crippen LogP contribution in [0.15, 0.2) is 174 Å². The molecule has 0 saturated heterocycles. The number of hydrogen-bond acceptors (Lipinski definition) is 2. The van der Waals surface area contributed by atoms with E-state index in [-0.39, 0.29) is 0 Å². The summed E-state index contributed by atoms with van der Waals surface area (Å²) < 4.78 is 14.0. The molecule has 0 unspecified atom stereocenters. The highest BCUT2D eigenvalue weighted by Crippen LogP contribution is 2.44. The molecule has 0 saturated carbocycles. The molecule has 12 rings (SSSR count). The Labute approximate surface area is 301 Å². The van der Waals surface area contributed by atoms with Crippen LogP contribution in [-0.4, -0.2) is 9.13 Å². The minimum absolute atomic E-state index is 0.904. The average Bonchev–Trinajstić information content (AvgIpc) is 3.95. The van der Waals surface area contributed by atoms with Crippen LogP contribution in [0.1, 0.15) is 0 Å². The molecule has 0 N–H and O–H groups in total. The molecule has 12 aromatic rings. The van der Waals surface area contributed by atoms with Gasteiger partial charge in [0.05, 0.1) is 22.1 Å². The lowest BCUT2D eigenvalue weighted by molar-refractivity contribution is 0.669. The first-order chi connectivity index (χ1) is 25.8. The molecule has 0 bridgehead atoms. The van der Waals surface area contributed by atoms with Gasteiger partial charge in [-0.25, -0.2) is 0 Å². The van der Waals surface area contributed by atoms with E-state index in [1.165, 1.54) is 86.0 Å². The number of benzene rings is 8. The van der Waals surface area contributed by atoms with Gasteiger partial charge in [0.1, 0.15) is 11.2 Å². The predicted molar refractivity (Wildman–Crippen MR) is 221 cm³/mol. The summed E-state index contributed by atoms with van der Waals surface area (Å²) >= 11 is 1.85. The van der Waals surface area contributed by atoms with Gasteiger partial charge in [-0.1, -0.05) is 84.9 Å². The molecule has 4 aromatic heterocycles. The fraction of sp³-hybridized carbons (Fsp3) is 0. The molecule has 242 valence electrons. The summed E-state index contributed by atoms with van der Waals surface area (Å²) in [5, 5.41) is 9.91. The summed E-state index contributed by atoms with van der Waals surface area (Å²) in [6.45, 7) is 0. The lowest BCUT2D eigenvalue weighted by atomic mass is 10.0. The van der Waals surface area contributed by atoms with Crippen molar-refractivity contribution in [3.05, 3.63) is 170 Å². The van der Waals surface area contributed by atoms with Crippen LogP contribution in [-0.2, 0) is 0 Å². The van der Waals surface area contributed by atoms with E-state index in [1.807, 2.05) is 11.3 Å². The van der Waals surface area contributed by atoms with Gasteiger partial charge in [0.25, 0.3) is 0 Å². The molecular formula is C48H28N2OS. The van der Waals surface area contributed by atoms with Crippen LogP contribution < -0.4 is 0 Å². The summed E-state index contributed by atoms with van der Waals surface area (Å²) in [5.41, 5.74) is 11.3. The van der Waals surface area contributed by atoms with E-state index in [0.29, 0.717) is 0 Å². The molecule has 0 spiro atoms. The zero-order chi connectivity index (χ0) is 33.9. The monoisotopic (exact) mass is 680 g/mol. The van der Waals surface area contributed by atoms with Crippen molar-refractivity contribution in [3.8, 4) is 22.5 Å². The van der Waals surface area contributed by atoms with Crippen molar-refractivity contribution in [1.29, 1.82) is 0 Å². The first-order valence-electron chi connectivity index (χ1n) is 17.7. The highest BCUT2D eigenvalue weighted by Gasteiger charge is 2.19. The molecule has 0 aliphatic carbocycles. The maximum Gasteiger partial charge on any atom is 0.137 e. The third-order valence-corrected chi connectivity index (χ3v) is 12.0. The minimum Gasteiger partial charge on any atom is -0.456 e. The largest absolute Gasteiger partial charge is 0.456 e. The molecule has 0 atom stereocenters. The second-order valence-electron chi connectivity index (χ2n) is 13.7. The summed E-state index contributed by atoms with van der Waals surface area (Å²) in [6, 6.07) is 61.7. The topological polar surface area (TPSA) is 23.0 Å². The minimum atomic E-state index is 0.904. The van der Waals surface area contributed by atoms with Gasteiger partial charge in [-0.3, -0.25) is 0 Å². The molecule has 4 heterocycles. The Kier molecular flexibility index (Phi) is 5.65. The van der Waals surface area contributed by atoms with Crippen molar-refractivity contribution in [1.82, 2.24) is 9.13 Å². The third kappa shape index (κ3) is 3.84. The third-order valence-electron chi connectivity index (χ3n) is 10.9. The molecule has 0 amide bonds. The SMILES string of the molecule is c1ccc(-n2c3ccccc3c3cc(-c4ccc5c(c4)c4ccccc4n5-c4ccc5c(c4)oc4ccc6sc7ccccc7c6c45)ccc32)cc1. The van der Waals surface area contributed by atoms with Crippen LogP contribution >= 0.6 is 11.3 Å². The fourth-order valence-electron chi connectivity index (χ4n) is 8.65. The lowest BCUT2D eigenvalue weighted by Gasteiger charge is -2.09. The zero-order valence-corrected chi connectivity index (χ0v) is 28.7. The first kappa shape index (κ1) is 28.1. The number of thiophene rings is 1. The molecule has 0 radical (unpaired) electrons. The number of rotatable bonds is 3. The Hall–Kier alpha value is -6.62. The van der Waals surface area contributed by atoms with E-state index in [9.17, 15) is 0 Å². The lowest BCUT2D eigenvalue weighted by Crippen LogP contribution is -1.93. The van der Waals surface area contributed by atoms with Crippen LogP contribution in [0.4, 0.5) is 0 Å². The van der Waals surface area contributed by atoms with E-state index < -0.39 is 0 Å². The van der Waals surface area contributed by atoms with Crippen LogP contribution in [0.5, 0.6) is 0 Å². The van der Waals surface area contributed by atoms with E-state index in [2.05, 4.69) is 179 Å². The van der Waals surface area contributed by atoms with Crippen molar-refractivity contribution in [2.75, 3.05) is 0 Å². The summed E-state index contributed by atoms with van der Waals surface area (Å²) in [7, 11) is 0. The van der Waals surface area contributed by atoms with Crippen molar-refractivity contribution < 1.29 is 4.42 Å². The van der Waals surface area contributed by atoms with Gasteiger partial charge in [-0.2, -0.15) is 0 Å². The molecule has 3 nitrogen and oxygen atoms in total. The highest BCUT2D eigenvalue weighted by molar-refractivity contribution is 7.26. The average molecular weight is 681 g/mol. The van der Waals surface area contributed by atoms with Crippen LogP contribution in [0, 0.1) is 0 Å². The van der Waals surface area contributed by atoms with Crippen molar-refractivity contribution in [3.63, 3.8) is 0 Å². The number of hydrogen-bond donors (Lipinski definition) is 0. The Morgan fingerprint density at radius 2 is 0.942 bits per heavy atom. The van der Waals surface area contributed by atoms with Crippen molar-refractivity contribution in [2.24, 2.45) is 0 Å². The van der Waals surface area contributed by atoms with Gasteiger partial charge in [-0.15, -0.1) is 11.3 Å². The summed E-state index contributed by atoms with van der Waals surface area (Å²) in [4.78, 5) is 0. The molecule has 52 heavy (non-hydrogen) atoms. The van der Waals surface area contributed by atoms with Gasteiger partial charge in [0.15, 0.2) is 0 Å². The predicted octanol–water partition coefficient (Wildman–Crippen LogP) is 13.8. The summed E-state index contributed by atoms with van der Waals surface area (Å²) in [5.74, 6) is 0. The number of para-hydroxylation sites is 3. The van der Waals surface area contributed by atoms with Crippen LogP contribution in [0.3, 0.4) is 0 Å². The van der Waals surface area contributed by atoms with E-state index in [4.69, 9.17) is 4.42 Å². The van der Waals surface area contributed by atoms with Gasteiger partial charge in [0, 0.05) is 69.9 Å². The maximum atomic E-state index is 6.60. The standard InChI is InChI=1S/C48H28N2OS/c1-2-10-31(11-3-1)49-39-15-7-4-12-33(39)37-26-29(18-22-41(37)49)30-19-23-42-38(27-30)34-13-5-8-16-40(34)50(42)32-20-21-35-44(28-32)51-43-24-25-46-48(47(35)43)36-14-6-9-17-45(36)52-46/h1-28H. The summed E-state index contributed by atoms with van der Waals surface area (Å²) in [6.07, 6.45) is 0. The normalized spacial score (nSPS) is 12.2. The Balaban J connectivity index is 1.04. The highest BCUT2D eigenvalue weighted by atomic mass is 32.1. The Morgan fingerprint density at radius 1 is 0.346 bits per heavy atom. The van der Waals surface area contributed by atoms with E-state index in [1.54, 1.807) is 0 Å². The quantitative estimate of drug-likeness (QED) is 0.182. The number of aromatic nitrogens is 2. The number of nitrogens with zero attached hydrogens (tertiary/aromatic N) is 2. The van der Waals surface area contributed by atoms with Gasteiger partial charge in [0.2, 0.25) is 0 Å². The van der Waals surface area contributed by atoms with Crippen molar-refractivity contribution in [2.45, 2.75) is 0 Å². The maximum absolute atomic E-state index is 6.60. The Morgan fingerprint density at radius 3 is 1.65 bits per heavy atom. The molecule has 0 aliphatic heterocycles. The van der Waals surface area contributed by atoms with Crippen LogP contribution in [0.25, 0.3) is 108 Å². The molecule has 4 heteroatoms. The van der Waals surface area contributed by atoms with Crippen LogP contribution in [0.2, 0.25) is 0 Å². The molecular weight excluding hydrogens is 653 g/mol. The smallest absolute Gasteiger partial charge is 0.137 e. The molecule has 0 fully saturated rings. The molecule has 8 aromatic carbocycles. The van der Waals surface area contributed by atoms with E-state index >= 15 is 0 Å². The van der Waals surface area contributed by atoms with E-state index in [0.717, 1.165) is 22.2 Å². The van der Waals surface area contributed by atoms with Gasteiger partial charge < -0.3 is 13.6 Å². The fourth-order valence-corrected chi connectivity index (χ4v) is 9.76. The van der Waals surface area contributed by atoms with Gasteiger partial charge >= 0.3 is 0 Å². The number of fused-ring (bicyclic) bond motifs is 13. The van der Waals surface area contributed by atoms with Gasteiger partial charge in [-0.05, 0) is 90.0 Å². The Bertz CT molecular complexity index is 3410. The first-order valence-corrected chi connectivity index (χ1v) is 18.5. The number of furan rings is 1. The second kappa shape index (κ2) is 10.5.